The molecule has 7 heteroatoms. The van der Waals surface area contributed by atoms with Crippen LogP contribution >= 0.6 is 0 Å². The fourth-order valence-electron chi connectivity index (χ4n) is 5.86. The highest BCUT2D eigenvalue weighted by Gasteiger charge is 2.38. The molecule has 0 spiro atoms. The Bertz CT molecular complexity index is 833. The zero-order valence-corrected chi connectivity index (χ0v) is 20.9. The summed E-state index contributed by atoms with van der Waals surface area (Å²) in [5.74, 6) is -0.0258. The van der Waals surface area contributed by atoms with E-state index in [1.807, 2.05) is 0 Å². The van der Waals surface area contributed by atoms with Gasteiger partial charge in [-0.1, -0.05) is 24.3 Å². The van der Waals surface area contributed by atoms with Gasteiger partial charge in [0.25, 0.3) is 0 Å². The van der Waals surface area contributed by atoms with Gasteiger partial charge in [-0.3, -0.25) is 14.5 Å². The molecule has 3 N–H and O–H groups in total. The van der Waals surface area contributed by atoms with Crippen molar-refractivity contribution in [3.8, 4) is 0 Å². The largest absolute Gasteiger partial charge is 0.377 e. The summed E-state index contributed by atoms with van der Waals surface area (Å²) in [5.41, 5.74) is 8.64. The van der Waals surface area contributed by atoms with Gasteiger partial charge in [-0.15, -0.1) is 0 Å². The number of nitrogens with one attached hydrogen (secondary N) is 1. The minimum absolute atomic E-state index is 0.00618. The van der Waals surface area contributed by atoms with Crippen LogP contribution in [0.1, 0.15) is 69.4 Å². The Hall–Kier alpha value is -1.96. The molecule has 2 saturated heterocycles. The number of nitrogens with two attached hydrogens (primary N) is 1. The van der Waals surface area contributed by atoms with Gasteiger partial charge in [-0.05, 0) is 69.4 Å². The Morgan fingerprint density at radius 2 is 1.91 bits per heavy atom. The maximum atomic E-state index is 13.4. The summed E-state index contributed by atoms with van der Waals surface area (Å²) in [6.07, 6.45) is 7.71. The van der Waals surface area contributed by atoms with Crippen molar-refractivity contribution >= 4 is 11.8 Å². The summed E-state index contributed by atoms with van der Waals surface area (Å²) >= 11 is 0. The molecule has 4 rings (SSSR count). The predicted octanol–water partition coefficient (Wildman–Crippen LogP) is 2.74. The molecular weight excluding hydrogens is 428 g/mol. The minimum atomic E-state index is -0.421. The van der Waals surface area contributed by atoms with Crippen LogP contribution in [0, 0.1) is 6.92 Å². The molecule has 1 aromatic carbocycles. The highest BCUT2D eigenvalue weighted by atomic mass is 16.5. The maximum Gasteiger partial charge on any atom is 0.243 e. The molecule has 1 aliphatic carbocycles. The molecule has 0 radical (unpaired) electrons. The molecule has 1 saturated carbocycles. The molecule has 34 heavy (non-hydrogen) atoms. The molecular formula is C27H42N4O3. The normalized spacial score (nSPS) is 29.9. The first-order valence-corrected chi connectivity index (χ1v) is 13.1. The Kier molecular flexibility index (Phi) is 8.61. The summed E-state index contributed by atoms with van der Waals surface area (Å²) in [4.78, 5) is 30.1. The van der Waals surface area contributed by atoms with E-state index in [-0.39, 0.29) is 36.0 Å². The molecule has 2 heterocycles. The number of likely N-dealkylation sites (tertiary alicyclic amines) is 1. The number of piperidine rings is 1. The Morgan fingerprint density at radius 3 is 2.59 bits per heavy atom. The van der Waals surface area contributed by atoms with Crippen molar-refractivity contribution in [3.63, 3.8) is 0 Å². The zero-order valence-electron chi connectivity index (χ0n) is 20.9. The Balaban J connectivity index is 1.48. The van der Waals surface area contributed by atoms with E-state index in [0.29, 0.717) is 13.0 Å². The molecule has 3 aliphatic rings. The topological polar surface area (TPSA) is 87.9 Å². The first-order valence-electron chi connectivity index (χ1n) is 13.1. The minimum Gasteiger partial charge on any atom is -0.377 e. The number of amides is 2. The SMILES string of the molecule is CC(=O)N1CCC(N(Cc2ccccc2C)CC2CCCO2)C[C@@H]1C(=O)NC1CCC(N)CC1. The summed E-state index contributed by atoms with van der Waals surface area (Å²) in [7, 11) is 0. The summed E-state index contributed by atoms with van der Waals surface area (Å²) in [5, 5.41) is 3.25. The fraction of sp³-hybridized carbons (Fsp3) is 0.704. The quantitative estimate of drug-likeness (QED) is 0.640. The molecule has 2 unspecified atom stereocenters. The van der Waals surface area contributed by atoms with E-state index in [2.05, 4.69) is 41.4 Å². The second kappa shape index (κ2) is 11.6. The molecule has 3 atom stereocenters. The lowest BCUT2D eigenvalue weighted by Crippen LogP contribution is -2.58. The number of hydrogen-bond donors (Lipinski definition) is 2. The number of hydrogen-bond acceptors (Lipinski definition) is 5. The van der Waals surface area contributed by atoms with Crippen LogP contribution in [-0.2, 0) is 20.9 Å². The molecule has 0 aromatic heterocycles. The second-order valence-electron chi connectivity index (χ2n) is 10.5. The van der Waals surface area contributed by atoms with Gasteiger partial charge >= 0.3 is 0 Å². The van der Waals surface area contributed by atoms with Gasteiger partial charge in [-0.25, -0.2) is 0 Å². The molecule has 2 aliphatic heterocycles. The van der Waals surface area contributed by atoms with Crippen LogP contribution in [-0.4, -0.2) is 71.6 Å². The summed E-state index contributed by atoms with van der Waals surface area (Å²) in [6, 6.07) is 8.74. The first-order chi connectivity index (χ1) is 16.4. The third-order valence-corrected chi connectivity index (χ3v) is 8.01. The number of ether oxygens (including phenoxy) is 1. The molecule has 188 valence electrons. The van der Waals surface area contributed by atoms with E-state index in [1.165, 1.54) is 11.1 Å². The average Bonchev–Trinajstić information content (AvgIpc) is 3.34. The van der Waals surface area contributed by atoms with E-state index >= 15 is 0 Å². The van der Waals surface area contributed by atoms with Gasteiger partial charge in [0.15, 0.2) is 0 Å². The highest BCUT2D eigenvalue weighted by molar-refractivity contribution is 5.87. The molecule has 7 nitrogen and oxygen atoms in total. The van der Waals surface area contributed by atoms with Gasteiger partial charge in [0.1, 0.15) is 6.04 Å². The van der Waals surface area contributed by atoms with E-state index < -0.39 is 6.04 Å². The number of carbonyl (C=O) groups excluding carboxylic acids is 2. The Morgan fingerprint density at radius 1 is 1.15 bits per heavy atom. The van der Waals surface area contributed by atoms with Crippen LogP contribution in [0.15, 0.2) is 24.3 Å². The monoisotopic (exact) mass is 470 g/mol. The average molecular weight is 471 g/mol. The van der Waals surface area contributed by atoms with Gasteiger partial charge in [0.2, 0.25) is 11.8 Å². The number of nitrogens with zero attached hydrogens (tertiary/aromatic N) is 2. The van der Waals surface area contributed by atoms with Crippen molar-refractivity contribution < 1.29 is 14.3 Å². The van der Waals surface area contributed by atoms with Crippen molar-refractivity contribution in [1.82, 2.24) is 15.1 Å². The van der Waals surface area contributed by atoms with Crippen molar-refractivity contribution in [3.05, 3.63) is 35.4 Å². The van der Waals surface area contributed by atoms with Crippen LogP contribution in [0.3, 0.4) is 0 Å². The summed E-state index contributed by atoms with van der Waals surface area (Å²) < 4.78 is 5.99. The maximum absolute atomic E-state index is 13.4. The van der Waals surface area contributed by atoms with Crippen LogP contribution in [0.5, 0.6) is 0 Å². The standard InChI is InChI=1S/C27H42N4O3/c1-19-6-3-4-7-21(19)17-30(18-25-8-5-15-34-25)24-13-14-31(20(2)32)26(16-24)27(33)29-23-11-9-22(28)10-12-23/h3-4,6-7,22-26H,5,8-18,28H2,1-2H3,(H,29,33)/t22?,23?,24?,25?,26-/m1/s1. The highest BCUT2D eigenvalue weighted by Crippen LogP contribution is 2.27. The van der Waals surface area contributed by atoms with E-state index in [9.17, 15) is 9.59 Å². The first kappa shape index (κ1) is 25.1. The number of carbonyl (C=O) groups is 2. The number of benzene rings is 1. The third kappa shape index (κ3) is 6.37. The van der Waals surface area contributed by atoms with Gasteiger partial charge in [0, 0.05) is 51.3 Å². The van der Waals surface area contributed by atoms with Crippen molar-refractivity contribution in [2.24, 2.45) is 5.73 Å². The predicted molar refractivity (Wildman–Crippen MR) is 133 cm³/mol. The smallest absolute Gasteiger partial charge is 0.243 e. The number of rotatable bonds is 7. The van der Waals surface area contributed by atoms with Crippen molar-refractivity contribution in [2.45, 2.75) is 102 Å². The van der Waals surface area contributed by atoms with E-state index in [4.69, 9.17) is 10.5 Å². The van der Waals surface area contributed by atoms with E-state index in [0.717, 1.165) is 64.6 Å². The molecule has 2 amide bonds. The van der Waals surface area contributed by atoms with Crippen molar-refractivity contribution in [2.75, 3.05) is 19.7 Å². The number of aryl methyl sites for hydroxylation is 1. The van der Waals surface area contributed by atoms with Gasteiger partial charge < -0.3 is 20.7 Å². The van der Waals surface area contributed by atoms with Gasteiger partial charge in [0.05, 0.1) is 6.10 Å². The molecule has 3 fully saturated rings. The van der Waals surface area contributed by atoms with Crippen LogP contribution in [0.4, 0.5) is 0 Å². The van der Waals surface area contributed by atoms with Crippen LogP contribution in [0.25, 0.3) is 0 Å². The van der Waals surface area contributed by atoms with E-state index in [1.54, 1.807) is 11.8 Å². The van der Waals surface area contributed by atoms with Crippen LogP contribution < -0.4 is 11.1 Å². The molecule has 1 aromatic rings. The van der Waals surface area contributed by atoms with Crippen LogP contribution in [0.2, 0.25) is 0 Å². The lowest BCUT2D eigenvalue weighted by molar-refractivity contribution is -0.142. The Labute approximate surface area is 204 Å². The fourth-order valence-corrected chi connectivity index (χ4v) is 5.86. The lowest BCUT2D eigenvalue weighted by atomic mass is 9.90. The third-order valence-electron chi connectivity index (χ3n) is 8.01. The summed E-state index contributed by atoms with van der Waals surface area (Å²) in [6.45, 7) is 6.90. The van der Waals surface area contributed by atoms with Crippen molar-refractivity contribution in [1.29, 1.82) is 0 Å². The second-order valence-corrected chi connectivity index (χ2v) is 10.5. The van der Waals surface area contributed by atoms with Gasteiger partial charge in [-0.2, -0.15) is 0 Å². The zero-order chi connectivity index (χ0) is 24.1. The lowest BCUT2D eigenvalue weighted by Gasteiger charge is -2.43. The molecule has 0 bridgehead atoms.